The summed E-state index contributed by atoms with van der Waals surface area (Å²) in [5.74, 6) is -0.663. The number of hydrogen-bond donors (Lipinski definition) is 1. The monoisotopic (exact) mass is 382 g/mol. The van der Waals surface area contributed by atoms with Crippen LogP contribution in [0.1, 0.15) is 23.7 Å². The van der Waals surface area contributed by atoms with Gasteiger partial charge in [0, 0.05) is 18.9 Å². The van der Waals surface area contributed by atoms with Crippen molar-refractivity contribution in [3.05, 3.63) is 69.6 Å². The van der Waals surface area contributed by atoms with Gasteiger partial charge in [-0.3, -0.25) is 0 Å². The van der Waals surface area contributed by atoms with E-state index in [-0.39, 0.29) is 17.9 Å². The molecule has 0 spiro atoms. The van der Waals surface area contributed by atoms with Gasteiger partial charge >= 0.3 is 5.97 Å². The van der Waals surface area contributed by atoms with Crippen LogP contribution in [0.4, 0.5) is 5.69 Å². The Kier molecular flexibility index (Phi) is 5.56. The van der Waals surface area contributed by atoms with E-state index < -0.39 is 5.97 Å². The molecule has 1 aromatic carbocycles. The summed E-state index contributed by atoms with van der Waals surface area (Å²) >= 11 is 1.27. The minimum absolute atomic E-state index is 0.0947. The van der Waals surface area contributed by atoms with Gasteiger partial charge in [-0.15, -0.1) is 0 Å². The molecule has 6 heteroatoms. The van der Waals surface area contributed by atoms with Crippen molar-refractivity contribution in [3.63, 3.8) is 0 Å². The molecule has 0 atom stereocenters. The first kappa shape index (κ1) is 19.0. The van der Waals surface area contributed by atoms with Crippen LogP contribution >= 0.6 is 11.8 Å². The number of nitrogens with zero attached hydrogens (tertiary/aromatic N) is 2. The average molecular weight is 382 g/mol. The van der Waals surface area contributed by atoms with Crippen LogP contribution in [0.3, 0.4) is 0 Å². The van der Waals surface area contributed by atoms with E-state index in [9.17, 15) is 9.90 Å². The Morgan fingerprint density at radius 1 is 1.30 bits per heavy atom. The number of aryl methyl sites for hydroxylation is 3. The van der Waals surface area contributed by atoms with E-state index in [1.165, 1.54) is 11.8 Å². The van der Waals surface area contributed by atoms with E-state index >= 15 is 0 Å². The Hall–Kier alpha value is -2.73. The fourth-order valence-corrected chi connectivity index (χ4v) is 3.90. The zero-order chi connectivity index (χ0) is 19.6. The van der Waals surface area contributed by atoms with Gasteiger partial charge in [0.1, 0.15) is 16.4 Å². The minimum atomic E-state index is -0.569. The zero-order valence-electron chi connectivity index (χ0n) is 15.8. The fourth-order valence-electron chi connectivity index (χ4n) is 2.88. The zero-order valence-corrected chi connectivity index (χ0v) is 16.6. The molecule has 0 radical (unpaired) electrons. The first-order chi connectivity index (χ1) is 12.9. The second-order valence-corrected chi connectivity index (χ2v) is 7.39. The molecular formula is C21H22N2O3S. The molecule has 0 unspecified atom stereocenters. The van der Waals surface area contributed by atoms with E-state index in [1.807, 2.05) is 62.0 Å². The minimum Gasteiger partial charge on any atom is -0.506 e. The Morgan fingerprint density at radius 2 is 2.00 bits per heavy atom. The van der Waals surface area contributed by atoms with Crippen molar-refractivity contribution in [3.8, 4) is 0 Å². The van der Waals surface area contributed by atoms with Crippen LogP contribution in [-0.4, -0.2) is 27.3 Å². The first-order valence-electron chi connectivity index (χ1n) is 8.68. The van der Waals surface area contributed by atoms with Crippen LogP contribution in [0.2, 0.25) is 0 Å². The van der Waals surface area contributed by atoms with E-state index in [2.05, 4.69) is 11.1 Å². The van der Waals surface area contributed by atoms with E-state index in [0.29, 0.717) is 9.95 Å². The third-order valence-electron chi connectivity index (χ3n) is 4.07. The Labute approximate surface area is 163 Å². The number of benzene rings is 1. The number of aliphatic imine (C=N–C) groups is 1. The molecule has 3 rings (SSSR count). The number of ether oxygens (including phenoxy) is 1. The summed E-state index contributed by atoms with van der Waals surface area (Å²) in [6.07, 6.45) is 3.76. The van der Waals surface area contributed by atoms with Crippen LogP contribution in [0.5, 0.6) is 0 Å². The highest BCUT2D eigenvalue weighted by atomic mass is 32.2. The number of thioether (sulfide) groups is 1. The number of aliphatic hydroxyl groups is 1. The molecule has 1 N–H and O–H groups in total. The summed E-state index contributed by atoms with van der Waals surface area (Å²) in [4.78, 5) is 17.6. The summed E-state index contributed by atoms with van der Waals surface area (Å²) in [5, 5.41) is 11.1. The summed E-state index contributed by atoms with van der Waals surface area (Å²) in [7, 11) is 1.92. The maximum absolute atomic E-state index is 12.4. The van der Waals surface area contributed by atoms with Gasteiger partial charge in [-0.05, 0) is 62.2 Å². The van der Waals surface area contributed by atoms with E-state index in [1.54, 1.807) is 6.92 Å². The largest absolute Gasteiger partial charge is 0.506 e. The lowest BCUT2D eigenvalue weighted by Crippen LogP contribution is -2.12. The summed E-state index contributed by atoms with van der Waals surface area (Å²) in [6, 6.07) is 9.80. The van der Waals surface area contributed by atoms with Crippen molar-refractivity contribution in [1.29, 1.82) is 0 Å². The van der Waals surface area contributed by atoms with Gasteiger partial charge in [0.05, 0.1) is 17.2 Å². The number of hydrogen-bond acceptors (Lipinski definition) is 5. The number of esters is 1. The van der Waals surface area contributed by atoms with Crippen molar-refractivity contribution in [2.24, 2.45) is 12.0 Å². The highest BCUT2D eigenvalue weighted by molar-refractivity contribution is 8.18. The highest BCUT2D eigenvalue weighted by Gasteiger charge is 2.33. The highest BCUT2D eigenvalue weighted by Crippen LogP contribution is 2.40. The smallest absolute Gasteiger partial charge is 0.344 e. The van der Waals surface area contributed by atoms with Crippen LogP contribution in [0.25, 0.3) is 6.08 Å². The Bertz CT molecular complexity index is 963. The molecule has 0 saturated heterocycles. The topological polar surface area (TPSA) is 63.8 Å². The molecule has 5 nitrogen and oxygen atoms in total. The van der Waals surface area contributed by atoms with Crippen LogP contribution in [-0.2, 0) is 16.6 Å². The summed E-state index contributed by atoms with van der Waals surface area (Å²) < 4.78 is 7.07. The maximum atomic E-state index is 12.4. The number of aromatic nitrogens is 1. The Balaban J connectivity index is 2.07. The quantitative estimate of drug-likeness (QED) is 0.769. The van der Waals surface area contributed by atoms with Gasteiger partial charge in [0.2, 0.25) is 0 Å². The standard InChI is InChI=1S/C21H22N2O3S/c1-5-26-21(25)18-19(24)17(12-16-7-6-8-23(16)4)27-20(18)22-15-10-13(2)9-14(3)11-15/h6-12,24H,5H2,1-4H3/b17-12+,22-20?. The van der Waals surface area contributed by atoms with Crippen molar-refractivity contribution < 1.29 is 14.6 Å². The third kappa shape index (κ3) is 4.17. The van der Waals surface area contributed by atoms with Gasteiger partial charge in [-0.1, -0.05) is 17.8 Å². The van der Waals surface area contributed by atoms with Gasteiger partial charge in [-0.2, -0.15) is 0 Å². The molecule has 1 aromatic heterocycles. The van der Waals surface area contributed by atoms with E-state index in [4.69, 9.17) is 4.74 Å². The summed E-state index contributed by atoms with van der Waals surface area (Å²) in [6.45, 7) is 5.96. The average Bonchev–Trinajstić information content (AvgIpc) is 3.11. The number of carbonyl (C=O) groups is 1. The molecule has 2 heterocycles. The van der Waals surface area contributed by atoms with Crippen LogP contribution in [0, 0.1) is 13.8 Å². The van der Waals surface area contributed by atoms with Crippen LogP contribution < -0.4 is 0 Å². The fraction of sp³-hybridized carbons (Fsp3) is 0.238. The molecule has 27 heavy (non-hydrogen) atoms. The molecule has 0 fully saturated rings. The van der Waals surface area contributed by atoms with Gasteiger partial charge in [0.25, 0.3) is 0 Å². The molecular weight excluding hydrogens is 360 g/mol. The summed E-state index contributed by atoms with van der Waals surface area (Å²) in [5.41, 5.74) is 3.94. The number of aliphatic hydroxyl groups excluding tert-OH is 1. The Morgan fingerprint density at radius 3 is 2.59 bits per heavy atom. The van der Waals surface area contributed by atoms with Gasteiger partial charge in [0.15, 0.2) is 0 Å². The van der Waals surface area contributed by atoms with E-state index in [0.717, 1.165) is 22.5 Å². The number of carbonyl (C=O) groups excluding carboxylic acids is 1. The molecule has 0 saturated carbocycles. The lowest BCUT2D eigenvalue weighted by atomic mass is 10.1. The normalized spacial score (nSPS) is 17.2. The molecule has 1 aliphatic rings. The molecule has 0 aliphatic carbocycles. The molecule has 0 bridgehead atoms. The van der Waals surface area contributed by atoms with Crippen molar-refractivity contribution in [2.45, 2.75) is 20.8 Å². The van der Waals surface area contributed by atoms with Crippen molar-refractivity contribution >= 4 is 34.5 Å². The third-order valence-corrected chi connectivity index (χ3v) is 5.09. The predicted octanol–water partition coefficient (Wildman–Crippen LogP) is 4.84. The van der Waals surface area contributed by atoms with Gasteiger partial charge in [-0.25, -0.2) is 9.79 Å². The molecule has 0 amide bonds. The maximum Gasteiger partial charge on any atom is 0.344 e. The lowest BCUT2D eigenvalue weighted by Gasteiger charge is -2.05. The van der Waals surface area contributed by atoms with Crippen molar-refractivity contribution in [1.82, 2.24) is 4.57 Å². The van der Waals surface area contributed by atoms with Crippen LogP contribution in [0.15, 0.2) is 57.8 Å². The first-order valence-corrected chi connectivity index (χ1v) is 9.49. The van der Waals surface area contributed by atoms with Crippen molar-refractivity contribution in [2.75, 3.05) is 6.61 Å². The van der Waals surface area contributed by atoms with Gasteiger partial charge < -0.3 is 14.4 Å². The lowest BCUT2D eigenvalue weighted by molar-refractivity contribution is -0.138. The second-order valence-electron chi connectivity index (χ2n) is 6.36. The second kappa shape index (κ2) is 7.88. The number of rotatable bonds is 4. The molecule has 2 aromatic rings. The SMILES string of the molecule is CCOC(=O)C1=C(O)/C(=C\c2cccn2C)SC1=Nc1cc(C)cc(C)c1. The molecule has 140 valence electrons. The predicted molar refractivity (Wildman–Crippen MR) is 110 cm³/mol. The molecule has 1 aliphatic heterocycles.